The zero-order valence-corrected chi connectivity index (χ0v) is 10.8. The molecular formula is C14H17NO3. The van der Waals surface area contributed by atoms with E-state index in [4.69, 9.17) is 9.47 Å². The summed E-state index contributed by atoms with van der Waals surface area (Å²) >= 11 is 0. The van der Waals surface area contributed by atoms with Gasteiger partial charge in [0.05, 0.1) is 6.61 Å². The van der Waals surface area contributed by atoms with E-state index in [0.29, 0.717) is 12.4 Å². The van der Waals surface area contributed by atoms with Crippen LogP contribution in [0.3, 0.4) is 0 Å². The number of carbonyl (C=O) groups is 1. The van der Waals surface area contributed by atoms with Gasteiger partial charge in [0.25, 0.3) is 0 Å². The van der Waals surface area contributed by atoms with Crippen LogP contribution in [0.5, 0.6) is 5.75 Å². The summed E-state index contributed by atoms with van der Waals surface area (Å²) in [5.74, 6) is 0.310. The Morgan fingerprint density at radius 1 is 1.33 bits per heavy atom. The summed E-state index contributed by atoms with van der Waals surface area (Å²) in [6, 6.07) is 7.61. The Balaban J connectivity index is 2.28. The number of aromatic amines is 1. The Bertz CT molecular complexity index is 557. The van der Waals surface area contributed by atoms with Gasteiger partial charge in [-0.05, 0) is 39.0 Å². The van der Waals surface area contributed by atoms with Gasteiger partial charge in [0.15, 0.2) is 5.60 Å². The fourth-order valence-electron chi connectivity index (χ4n) is 1.77. The molecule has 18 heavy (non-hydrogen) atoms. The number of benzene rings is 1. The summed E-state index contributed by atoms with van der Waals surface area (Å²) in [4.78, 5) is 14.9. The van der Waals surface area contributed by atoms with Crippen molar-refractivity contribution in [3.05, 3.63) is 30.5 Å². The van der Waals surface area contributed by atoms with E-state index in [2.05, 4.69) is 4.98 Å². The van der Waals surface area contributed by atoms with E-state index in [1.54, 1.807) is 20.8 Å². The maximum Gasteiger partial charge on any atom is 0.349 e. The van der Waals surface area contributed by atoms with Crippen LogP contribution in [0, 0.1) is 0 Å². The molecule has 0 fully saturated rings. The van der Waals surface area contributed by atoms with Gasteiger partial charge in [-0.1, -0.05) is 6.07 Å². The molecule has 2 rings (SSSR count). The Hall–Kier alpha value is -1.97. The molecule has 0 radical (unpaired) electrons. The smallest absolute Gasteiger partial charge is 0.349 e. The molecule has 2 aromatic rings. The van der Waals surface area contributed by atoms with E-state index >= 15 is 0 Å². The van der Waals surface area contributed by atoms with Crippen LogP contribution in [0.25, 0.3) is 10.9 Å². The van der Waals surface area contributed by atoms with Gasteiger partial charge in [0.1, 0.15) is 5.75 Å². The molecule has 0 atom stereocenters. The number of nitrogens with one attached hydrogen (secondary N) is 1. The van der Waals surface area contributed by atoms with Crippen molar-refractivity contribution in [1.82, 2.24) is 4.98 Å². The number of hydrogen-bond acceptors (Lipinski definition) is 3. The molecule has 0 aliphatic carbocycles. The van der Waals surface area contributed by atoms with Crippen LogP contribution >= 0.6 is 0 Å². The Kier molecular flexibility index (Phi) is 3.28. The molecule has 0 saturated heterocycles. The standard InChI is InChI=1S/C14H17NO3/c1-4-17-13(16)14(2,3)18-12-7-5-6-11-10(12)8-9-15-11/h5-9,15H,4H2,1-3H3. The van der Waals surface area contributed by atoms with Crippen LogP contribution in [-0.2, 0) is 9.53 Å². The third-order valence-corrected chi connectivity index (χ3v) is 2.69. The lowest BCUT2D eigenvalue weighted by molar-refractivity contribution is -0.158. The van der Waals surface area contributed by atoms with Crippen LogP contribution < -0.4 is 4.74 Å². The highest BCUT2D eigenvalue weighted by Crippen LogP contribution is 2.28. The van der Waals surface area contributed by atoms with Crippen molar-refractivity contribution in [1.29, 1.82) is 0 Å². The Morgan fingerprint density at radius 3 is 2.83 bits per heavy atom. The fraction of sp³-hybridized carbons (Fsp3) is 0.357. The quantitative estimate of drug-likeness (QED) is 0.845. The first kappa shape index (κ1) is 12.5. The third kappa shape index (κ3) is 2.32. The first-order valence-corrected chi connectivity index (χ1v) is 5.97. The molecule has 0 unspecified atom stereocenters. The number of hydrogen-bond donors (Lipinski definition) is 1. The number of fused-ring (bicyclic) bond motifs is 1. The number of carbonyl (C=O) groups excluding carboxylic acids is 1. The highest BCUT2D eigenvalue weighted by Gasteiger charge is 2.32. The van der Waals surface area contributed by atoms with Crippen molar-refractivity contribution >= 4 is 16.9 Å². The number of rotatable bonds is 4. The second kappa shape index (κ2) is 4.72. The summed E-state index contributed by atoms with van der Waals surface area (Å²) in [7, 11) is 0. The molecule has 1 aromatic carbocycles. The average Bonchev–Trinajstić information content (AvgIpc) is 2.78. The van der Waals surface area contributed by atoms with E-state index < -0.39 is 5.60 Å². The minimum absolute atomic E-state index is 0.347. The molecular weight excluding hydrogens is 230 g/mol. The number of ether oxygens (including phenoxy) is 2. The van der Waals surface area contributed by atoms with Crippen LogP contribution in [-0.4, -0.2) is 23.2 Å². The van der Waals surface area contributed by atoms with Gasteiger partial charge in [-0.25, -0.2) is 4.79 Å². The topological polar surface area (TPSA) is 51.3 Å². The van der Waals surface area contributed by atoms with Gasteiger partial charge < -0.3 is 14.5 Å². The molecule has 1 N–H and O–H groups in total. The molecule has 96 valence electrons. The van der Waals surface area contributed by atoms with E-state index in [-0.39, 0.29) is 5.97 Å². The summed E-state index contributed by atoms with van der Waals surface area (Å²) in [6.45, 7) is 5.54. The maximum absolute atomic E-state index is 11.8. The highest BCUT2D eigenvalue weighted by atomic mass is 16.6. The lowest BCUT2D eigenvalue weighted by Crippen LogP contribution is -2.39. The number of aromatic nitrogens is 1. The van der Waals surface area contributed by atoms with Crippen LogP contribution in [0.4, 0.5) is 0 Å². The molecule has 0 saturated carbocycles. The molecule has 0 bridgehead atoms. The van der Waals surface area contributed by atoms with Gasteiger partial charge in [0, 0.05) is 17.1 Å². The lowest BCUT2D eigenvalue weighted by Gasteiger charge is -2.24. The van der Waals surface area contributed by atoms with Gasteiger partial charge >= 0.3 is 5.97 Å². The molecule has 1 heterocycles. The van der Waals surface area contributed by atoms with Crippen molar-refractivity contribution in [2.75, 3.05) is 6.61 Å². The minimum Gasteiger partial charge on any atom is -0.475 e. The predicted octanol–water partition coefficient (Wildman–Crippen LogP) is 2.89. The summed E-state index contributed by atoms with van der Waals surface area (Å²) in [6.07, 6.45) is 1.84. The minimum atomic E-state index is -0.998. The van der Waals surface area contributed by atoms with E-state index in [0.717, 1.165) is 10.9 Å². The van der Waals surface area contributed by atoms with Gasteiger partial charge in [-0.15, -0.1) is 0 Å². The monoisotopic (exact) mass is 247 g/mol. The average molecular weight is 247 g/mol. The van der Waals surface area contributed by atoms with Gasteiger partial charge in [-0.2, -0.15) is 0 Å². The van der Waals surface area contributed by atoms with Crippen LogP contribution in [0.2, 0.25) is 0 Å². The molecule has 0 spiro atoms. The summed E-state index contributed by atoms with van der Waals surface area (Å²) in [5, 5.41) is 0.954. The number of H-pyrrole nitrogens is 1. The zero-order chi connectivity index (χ0) is 13.2. The SMILES string of the molecule is CCOC(=O)C(C)(C)Oc1cccc2[nH]ccc12. The maximum atomic E-state index is 11.8. The van der Waals surface area contributed by atoms with Crippen LogP contribution in [0.1, 0.15) is 20.8 Å². The zero-order valence-electron chi connectivity index (χ0n) is 10.8. The van der Waals surface area contributed by atoms with Gasteiger partial charge in [-0.3, -0.25) is 0 Å². The Morgan fingerprint density at radius 2 is 2.11 bits per heavy atom. The van der Waals surface area contributed by atoms with Crippen molar-refractivity contribution in [3.8, 4) is 5.75 Å². The van der Waals surface area contributed by atoms with Gasteiger partial charge in [0.2, 0.25) is 0 Å². The first-order valence-electron chi connectivity index (χ1n) is 5.97. The summed E-state index contributed by atoms with van der Waals surface area (Å²) in [5.41, 5.74) is -0.0196. The highest BCUT2D eigenvalue weighted by molar-refractivity contribution is 5.87. The second-order valence-corrected chi connectivity index (χ2v) is 4.53. The van der Waals surface area contributed by atoms with Crippen molar-refractivity contribution in [2.45, 2.75) is 26.4 Å². The molecule has 4 nitrogen and oxygen atoms in total. The third-order valence-electron chi connectivity index (χ3n) is 2.69. The van der Waals surface area contributed by atoms with E-state index in [1.807, 2.05) is 30.5 Å². The molecule has 0 aliphatic rings. The normalized spacial score (nSPS) is 11.5. The molecule has 4 heteroatoms. The van der Waals surface area contributed by atoms with Crippen LogP contribution in [0.15, 0.2) is 30.5 Å². The number of esters is 1. The fourth-order valence-corrected chi connectivity index (χ4v) is 1.77. The molecule has 0 aliphatic heterocycles. The van der Waals surface area contributed by atoms with E-state index in [9.17, 15) is 4.79 Å². The lowest BCUT2D eigenvalue weighted by atomic mass is 10.1. The van der Waals surface area contributed by atoms with E-state index in [1.165, 1.54) is 0 Å². The Labute approximate surface area is 106 Å². The second-order valence-electron chi connectivity index (χ2n) is 4.53. The van der Waals surface area contributed by atoms with Crippen molar-refractivity contribution < 1.29 is 14.3 Å². The molecule has 0 amide bonds. The summed E-state index contributed by atoms with van der Waals surface area (Å²) < 4.78 is 10.8. The van der Waals surface area contributed by atoms with Crippen molar-refractivity contribution in [3.63, 3.8) is 0 Å². The van der Waals surface area contributed by atoms with Crippen molar-refractivity contribution in [2.24, 2.45) is 0 Å². The first-order chi connectivity index (χ1) is 8.54. The molecule has 1 aromatic heterocycles. The predicted molar refractivity (Wildman–Crippen MR) is 69.6 cm³/mol. The largest absolute Gasteiger partial charge is 0.475 e.